The van der Waals surface area contributed by atoms with Crippen molar-refractivity contribution in [3.8, 4) is 11.5 Å². The SMILES string of the molecule is COc1ccc(O)c(C=NCc2ccc(S(N)(=O)=O)cc2)c1.Cl. The Hall–Kier alpha value is -2.09. The Morgan fingerprint density at radius 2 is 1.87 bits per heavy atom. The van der Waals surface area contributed by atoms with Crippen molar-refractivity contribution < 1.29 is 18.3 Å². The Balaban J connectivity index is 0.00000264. The standard InChI is InChI=1S/C15H16N2O4S.ClH/c1-21-13-4-7-15(18)12(8-13)10-17-9-11-2-5-14(6-3-11)22(16,19)20;/h2-8,10,18H,9H2,1H3,(H2,16,19,20);1H. The predicted molar refractivity (Wildman–Crippen MR) is 91.0 cm³/mol. The number of sulfonamides is 1. The van der Waals surface area contributed by atoms with Crippen molar-refractivity contribution >= 4 is 28.6 Å². The lowest BCUT2D eigenvalue weighted by atomic mass is 10.2. The summed E-state index contributed by atoms with van der Waals surface area (Å²) >= 11 is 0. The van der Waals surface area contributed by atoms with Crippen LogP contribution in [0.3, 0.4) is 0 Å². The highest BCUT2D eigenvalue weighted by molar-refractivity contribution is 7.89. The number of primary sulfonamides is 1. The van der Waals surface area contributed by atoms with E-state index in [1.165, 1.54) is 24.4 Å². The number of hydrogen-bond donors (Lipinski definition) is 2. The minimum Gasteiger partial charge on any atom is -0.507 e. The highest BCUT2D eigenvalue weighted by atomic mass is 35.5. The lowest BCUT2D eigenvalue weighted by molar-refractivity contribution is 0.412. The number of benzene rings is 2. The van der Waals surface area contributed by atoms with Crippen LogP contribution in [-0.4, -0.2) is 26.8 Å². The fourth-order valence-electron chi connectivity index (χ4n) is 1.80. The largest absolute Gasteiger partial charge is 0.507 e. The molecule has 8 heteroatoms. The first kappa shape index (κ1) is 19.0. The van der Waals surface area contributed by atoms with Gasteiger partial charge in [-0.2, -0.15) is 0 Å². The van der Waals surface area contributed by atoms with Gasteiger partial charge in [-0.15, -0.1) is 12.4 Å². The van der Waals surface area contributed by atoms with E-state index in [1.54, 1.807) is 31.4 Å². The van der Waals surface area contributed by atoms with E-state index in [1.807, 2.05) is 0 Å². The van der Waals surface area contributed by atoms with Crippen molar-refractivity contribution in [1.82, 2.24) is 0 Å². The molecule has 0 bridgehead atoms. The third-order valence-corrected chi connectivity index (χ3v) is 3.92. The number of aliphatic imine (C=N–C) groups is 1. The fourth-order valence-corrected chi connectivity index (χ4v) is 2.31. The molecule has 0 aliphatic heterocycles. The fraction of sp³-hybridized carbons (Fsp3) is 0.133. The van der Waals surface area contributed by atoms with Crippen molar-refractivity contribution in [2.24, 2.45) is 10.1 Å². The van der Waals surface area contributed by atoms with Gasteiger partial charge in [0.25, 0.3) is 0 Å². The molecule has 124 valence electrons. The van der Waals surface area contributed by atoms with Crippen molar-refractivity contribution in [2.45, 2.75) is 11.4 Å². The van der Waals surface area contributed by atoms with Gasteiger partial charge in [0.1, 0.15) is 11.5 Å². The Kier molecular flexibility index (Phi) is 6.56. The number of methoxy groups -OCH3 is 1. The van der Waals surface area contributed by atoms with Crippen molar-refractivity contribution in [3.05, 3.63) is 53.6 Å². The molecule has 2 aromatic carbocycles. The molecule has 0 amide bonds. The van der Waals surface area contributed by atoms with Crippen LogP contribution in [0, 0.1) is 0 Å². The van der Waals surface area contributed by atoms with Crippen LogP contribution >= 0.6 is 12.4 Å². The molecule has 0 aromatic heterocycles. The zero-order chi connectivity index (χ0) is 16.2. The molecule has 0 atom stereocenters. The van der Waals surface area contributed by atoms with Gasteiger partial charge in [-0.3, -0.25) is 4.99 Å². The topological polar surface area (TPSA) is 102 Å². The summed E-state index contributed by atoms with van der Waals surface area (Å²) < 4.78 is 27.4. The van der Waals surface area contributed by atoms with Gasteiger partial charge in [-0.05, 0) is 35.9 Å². The summed E-state index contributed by atoms with van der Waals surface area (Å²) in [6.45, 7) is 0.349. The molecule has 6 nitrogen and oxygen atoms in total. The second kappa shape index (κ2) is 7.96. The van der Waals surface area contributed by atoms with Gasteiger partial charge < -0.3 is 9.84 Å². The molecule has 2 rings (SSSR count). The lowest BCUT2D eigenvalue weighted by Crippen LogP contribution is -2.11. The third kappa shape index (κ3) is 5.24. The smallest absolute Gasteiger partial charge is 0.238 e. The first-order valence-electron chi connectivity index (χ1n) is 6.39. The van der Waals surface area contributed by atoms with Crippen LogP contribution < -0.4 is 9.88 Å². The van der Waals surface area contributed by atoms with E-state index in [2.05, 4.69) is 4.99 Å². The van der Waals surface area contributed by atoms with E-state index in [0.29, 0.717) is 17.9 Å². The highest BCUT2D eigenvalue weighted by Gasteiger charge is 2.06. The summed E-state index contributed by atoms with van der Waals surface area (Å²) in [5, 5.41) is 14.8. The van der Waals surface area contributed by atoms with Gasteiger partial charge in [0, 0.05) is 11.8 Å². The van der Waals surface area contributed by atoms with Gasteiger partial charge in [-0.1, -0.05) is 12.1 Å². The molecule has 0 unspecified atom stereocenters. The van der Waals surface area contributed by atoms with Crippen LogP contribution in [0.1, 0.15) is 11.1 Å². The van der Waals surface area contributed by atoms with E-state index < -0.39 is 10.0 Å². The van der Waals surface area contributed by atoms with Crippen molar-refractivity contribution in [2.75, 3.05) is 7.11 Å². The summed E-state index contributed by atoms with van der Waals surface area (Å²) in [5.41, 5.74) is 1.37. The molecule has 23 heavy (non-hydrogen) atoms. The predicted octanol–water partition coefficient (Wildman–Crippen LogP) is 2.09. The van der Waals surface area contributed by atoms with Crippen molar-refractivity contribution in [1.29, 1.82) is 0 Å². The maximum atomic E-state index is 11.1. The number of hydrogen-bond acceptors (Lipinski definition) is 5. The zero-order valence-corrected chi connectivity index (χ0v) is 14.0. The maximum absolute atomic E-state index is 11.1. The van der Waals surface area contributed by atoms with Gasteiger partial charge >= 0.3 is 0 Å². The third-order valence-electron chi connectivity index (χ3n) is 2.99. The molecule has 0 radical (unpaired) electrons. The minimum atomic E-state index is -3.68. The number of aromatic hydroxyl groups is 1. The Morgan fingerprint density at radius 1 is 1.22 bits per heavy atom. The molecule has 0 saturated carbocycles. The normalized spacial score (nSPS) is 11.2. The van der Waals surface area contributed by atoms with Crippen LogP contribution in [0.25, 0.3) is 0 Å². The van der Waals surface area contributed by atoms with Gasteiger partial charge in [0.2, 0.25) is 10.0 Å². The molecule has 0 aliphatic carbocycles. The molecule has 0 saturated heterocycles. The van der Waals surface area contributed by atoms with Gasteiger partial charge in [0.05, 0.1) is 18.6 Å². The average molecular weight is 357 g/mol. The number of nitrogens with zero attached hydrogens (tertiary/aromatic N) is 1. The molecule has 0 fully saturated rings. The van der Waals surface area contributed by atoms with Crippen LogP contribution in [0.4, 0.5) is 0 Å². The van der Waals surface area contributed by atoms with Crippen LogP contribution in [0.2, 0.25) is 0 Å². The molecule has 3 N–H and O–H groups in total. The second-order valence-corrected chi connectivity index (χ2v) is 6.14. The Labute approximate surface area is 141 Å². The van der Waals surface area contributed by atoms with Crippen LogP contribution in [0.5, 0.6) is 11.5 Å². The molecule has 2 aromatic rings. The van der Waals surface area contributed by atoms with Crippen molar-refractivity contribution in [3.63, 3.8) is 0 Å². The summed E-state index contributed by atoms with van der Waals surface area (Å²) in [5.74, 6) is 0.728. The molecule has 0 spiro atoms. The number of phenolic OH excluding ortho intramolecular Hbond substituents is 1. The summed E-state index contributed by atoms with van der Waals surface area (Å²) in [4.78, 5) is 4.28. The lowest BCUT2D eigenvalue weighted by Gasteiger charge is -2.03. The minimum absolute atomic E-state index is 0. The van der Waals surface area contributed by atoms with Gasteiger partial charge in [-0.25, -0.2) is 13.6 Å². The monoisotopic (exact) mass is 356 g/mol. The van der Waals surface area contributed by atoms with Gasteiger partial charge in [0.15, 0.2) is 0 Å². The van der Waals surface area contributed by atoms with Crippen LogP contribution in [0.15, 0.2) is 52.4 Å². The molecule has 0 aliphatic rings. The van der Waals surface area contributed by atoms with E-state index in [4.69, 9.17) is 9.88 Å². The molecule has 0 heterocycles. The van der Waals surface area contributed by atoms with E-state index in [9.17, 15) is 13.5 Å². The Bertz CT molecular complexity index is 790. The summed E-state index contributed by atoms with van der Waals surface area (Å²) in [6.07, 6.45) is 1.53. The Morgan fingerprint density at radius 3 is 2.43 bits per heavy atom. The van der Waals surface area contributed by atoms with E-state index in [-0.39, 0.29) is 23.1 Å². The quantitative estimate of drug-likeness (QED) is 0.800. The average Bonchev–Trinajstić information content (AvgIpc) is 2.49. The number of phenols is 1. The molecular formula is C15H17ClN2O4S. The number of halogens is 1. The number of ether oxygens (including phenoxy) is 1. The first-order chi connectivity index (χ1) is 10.4. The summed E-state index contributed by atoms with van der Waals surface area (Å²) in [7, 11) is -2.14. The maximum Gasteiger partial charge on any atom is 0.238 e. The zero-order valence-electron chi connectivity index (χ0n) is 12.3. The van der Waals surface area contributed by atoms with E-state index >= 15 is 0 Å². The van der Waals surface area contributed by atoms with Crippen LogP contribution in [-0.2, 0) is 16.6 Å². The van der Waals surface area contributed by atoms with E-state index in [0.717, 1.165) is 5.56 Å². The number of rotatable bonds is 5. The second-order valence-electron chi connectivity index (χ2n) is 4.58. The molecular weight excluding hydrogens is 340 g/mol. The summed E-state index contributed by atoms with van der Waals surface area (Å²) in [6, 6.07) is 11.0. The highest BCUT2D eigenvalue weighted by Crippen LogP contribution is 2.21. The first-order valence-corrected chi connectivity index (χ1v) is 7.93. The number of nitrogens with two attached hydrogens (primary N) is 1.